The van der Waals surface area contributed by atoms with Crippen LogP contribution < -0.4 is 4.74 Å². The Kier molecular flexibility index (Phi) is 2.87. The Morgan fingerprint density at radius 3 is 2.55 bits per heavy atom. The molecule has 0 spiro atoms. The minimum atomic E-state index is 0.888. The second kappa shape index (κ2) is 4.57. The zero-order chi connectivity index (χ0) is 14.3. The first-order chi connectivity index (χ1) is 9.72. The first-order valence-corrected chi connectivity index (χ1v) is 6.58. The van der Waals surface area contributed by atoms with Gasteiger partial charge < -0.3 is 9.30 Å². The normalized spacial score (nSPS) is 10.9. The van der Waals surface area contributed by atoms with Crippen LogP contribution in [0.25, 0.3) is 34.1 Å². The lowest BCUT2D eigenvalue weighted by Crippen LogP contribution is -1.94. The minimum absolute atomic E-state index is 0.888. The quantitative estimate of drug-likeness (QED) is 0.658. The van der Waals surface area contributed by atoms with Gasteiger partial charge in [0, 0.05) is 28.1 Å². The fourth-order valence-corrected chi connectivity index (χ4v) is 2.91. The van der Waals surface area contributed by atoms with Gasteiger partial charge in [0.05, 0.1) is 18.1 Å². The molecule has 0 aliphatic heterocycles. The smallest absolute Gasteiger partial charge is 0.123 e. The molecule has 3 aromatic rings. The average Bonchev–Trinajstić information content (AvgIpc) is 2.80. The van der Waals surface area contributed by atoms with E-state index in [1.807, 2.05) is 18.3 Å². The molecule has 2 nitrogen and oxygen atoms in total. The molecule has 0 amide bonds. The van der Waals surface area contributed by atoms with Crippen molar-refractivity contribution in [2.45, 2.75) is 6.92 Å². The van der Waals surface area contributed by atoms with E-state index in [0.717, 1.165) is 33.3 Å². The maximum absolute atomic E-state index is 5.50. The lowest BCUT2D eigenvalue weighted by atomic mass is 10.0. The molecule has 0 radical (unpaired) electrons. The summed E-state index contributed by atoms with van der Waals surface area (Å²) in [5.41, 5.74) is 4.47. The molecular weight excluding hydrogens is 246 g/mol. The Balaban J connectivity index is 2.66. The number of benzene rings is 2. The van der Waals surface area contributed by atoms with Crippen molar-refractivity contribution in [1.82, 2.24) is 4.57 Å². The fourth-order valence-electron chi connectivity index (χ4n) is 2.91. The summed E-state index contributed by atoms with van der Waals surface area (Å²) in [5, 5.41) is 2.36. The van der Waals surface area contributed by atoms with Crippen molar-refractivity contribution >= 4 is 34.1 Å². The molecule has 2 aromatic carbocycles. The first kappa shape index (κ1) is 12.5. The standard InChI is InChI=1S/C18H17NO/c1-5-13-12(3)17(20-4)11-15-14-9-7-8-10-16(14)19(6-2)18(13)15/h5-11H,1-2H2,3-4H3. The summed E-state index contributed by atoms with van der Waals surface area (Å²) in [6, 6.07) is 10.4. The highest BCUT2D eigenvalue weighted by Crippen LogP contribution is 2.37. The topological polar surface area (TPSA) is 14.2 Å². The molecule has 0 bridgehead atoms. The summed E-state index contributed by atoms with van der Waals surface area (Å²) in [6.07, 6.45) is 3.74. The number of para-hydroxylation sites is 1. The molecule has 0 saturated heterocycles. The summed E-state index contributed by atoms with van der Waals surface area (Å²) in [6.45, 7) is 9.96. The number of hydrogen-bond acceptors (Lipinski definition) is 1. The molecule has 0 aliphatic carbocycles. The van der Waals surface area contributed by atoms with Crippen molar-refractivity contribution in [3.05, 3.63) is 54.6 Å². The number of ether oxygens (including phenoxy) is 1. The van der Waals surface area contributed by atoms with Gasteiger partial charge in [-0.25, -0.2) is 0 Å². The average molecular weight is 263 g/mol. The summed E-state index contributed by atoms with van der Waals surface area (Å²) in [7, 11) is 1.70. The van der Waals surface area contributed by atoms with E-state index in [9.17, 15) is 0 Å². The zero-order valence-electron chi connectivity index (χ0n) is 11.8. The number of fused-ring (bicyclic) bond motifs is 3. The van der Waals surface area contributed by atoms with Gasteiger partial charge in [-0.1, -0.05) is 37.4 Å². The van der Waals surface area contributed by atoms with Gasteiger partial charge in [0.15, 0.2) is 0 Å². The first-order valence-electron chi connectivity index (χ1n) is 6.58. The summed E-state index contributed by atoms with van der Waals surface area (Å²) >= 11 is 0. The summed E-state index contributed by atoms with van der Waals surface area (Å²) in [5.74, 6) is 0.888. The summed E-state index contributed by atoms with van der Waals surface area (Å²) < 4.78 is 7.62. The van der Waals surface area contributed by atoms with E-state index in [1.54, 1.807) is 7.11 Å². The van der Waals surface area contributed by atoms with Crippen LogP contribution in [0.1, 0.15) is 11.1 Å². The van der Waals surface area contributed by atoms with Crippen LogP contribution in [0.4, 0.5) is 0 Å². The van der Waals surface area contributed by atoms with E-state index in [4.69, 9.17) is 4.74 Å². The van der Waals surface area contributed by atoms with Gasteiger partial charge in [-0.3, -0.25) is 0 Å². The molecule has 20 heavy (non-hydrogen) atoms. The Morgan fingerprint density at radius 2 is 1.90 bits per heavy atom. The Bertz CT molecular complexity index is 840. The van der Waals surface area contributed by atoms with Crippen molar-refractivity contribution in [1.29, 1.82) is 0 Å². The van der Waals surface area contributed by atoms with E-state index >= 15 is 0 Å². The molecule has 1 heterocycles. The van der Waals surface area contributed by atoms with Crippen molar-refractivity contribution < 1.29 is 4.74 Å². The monoisotopic (exact) mass is 263 g/mol. The minimum Gasteiger partial charge on any atom is -0.496 e. The molecule has 0 unspecified atom stereocenters. The van der Waals surface area contributed by atoms with Gasteiger partial charge in [0.2, 0.25) is 0 Å². The molecule has 0 fully saturated rings. The van der Waals surface area contributed by atoms with Crippen molar-refractivity contribution in [3.8, 4) is 5.75 Å². The maximum atomic E-state index is 5.50. The van der Waals surface area contributed by atoms with Gasteiger partial charge in [0.25, 0.3) is 0 Å². The van der Waals surface area contributed by atoms with Crippen molar-refractivity contribution in [2.75, 3.05) is 7.11 Å². The molecular formula is C18H17NO. The highest BCUT2D eigenvalue weighted by molar-refractivity contribution is 6.12. The fraction of sp³-hybridized carbons (Fsp3) is 0.111. The highest BCUT2D eigenvalue weighted by Gasteiger charge is 2.15. The third-order valence-corrected chi connectivity index (χ3v) is 3.86. The van der Waals surface area contributed by atoms with Crippen LogP contribution in [-0.4, -0.2) is 11.7 Å². The Labute approximate surface area is 118 Å². The van der Waals surface area contributed by atoms with Crippen LogP contribution >= 0.6 is 0 Å². The molecule has 0 atom stereocenters. The molecule has 3 rings (SSSR count). The number of methoxy groups -OCH3 is 1. The van der Waals surface area contributed by atoms with E-state index in [2.05, 4.69) is 48.9 Å². The van der Waals surface area contributed by atoms with E-state index < -0.39 is 0 Å². The molecule has 1 aromatic heterocycles. The maximum Gasteiger partial charge on any atom is 0.123 e. The number of hydrogen-bond donors (Lipinski definition) is 0. The second-order valence-electron chi connectivity index (χ2n) is 4.79. The van der Waals surface area contributed by atoms with Crippen LogP contribution in [0.3, 0.4) is 0 Å². The van der Waals surface area contributed by atoms with E-state index in [0.29, 0.717) is 0 Å². The van der Waals surface area contributed by atoms with Crippen LogP contribution in [0.2, 0.25) is 0 Å². The highest BCUT2D eigenvalue weighted by atomic mass is 16.5. The molecule has 0 aliphatic rings. The number of rotatable bonds is 3. The van der Waals surface area contributed by atoms with Crippen LogP contribution in [0.15, 0.2) is 43.5 Å². The van der Waals surface area contributed by atoms with Crippen LogP contribution in [0.5, 0.6) is 5.75 Å². The van der Waals surface area contributed by atoms with Crippen molar-refractivity contribution in [2.24, 2.45) is 0 Å². The molecule has 100 valence electrons. The van der Waals surface area contributed by atoms with E-state index in [-0.39, 0.29) is 0 Å². The SMILES string of the molecule is C=Cc1c(C)c(OC)cc2c3ccccc3n(C=C)c12. The largest absolute Gasteiger partial charge is 0.496 e. The van der Waals surface area contributed by atoms with Crippen LogP contribution in [-0.2, 0) is 0 Å². The third-order valence-electron chi connectivity index (χ3n) is 3.86. The van der Waals surface area contributed by atoms with Gasteiger partial charge in [-0.2, -0.15) is 0 Å². The van der Waals surface area contributed by atoms with Crippen LogP contribution in [0, 0.1) is 6.92 Å². The summed E-state index contributed by atoms with van der Waals surface area (Å²) in [4.78, 5) is 0. The lowest BCUT2D eigenvalue weighted by molar-refractivity contribution is 0.412. The van der Waals surface area contributed by atoms with Gasteiger partial charge >= 0.3 is 0 Å². The Hall–Kier alpha value is -2.48. The van der Waals surface area contributed by atoms with E-state index in [1.165, 1.54) is 5.39 Å². The predicted octanol–water partition coefficient (Wildman–Crippen LogP) is 4.86. The molecule has 0 saturated carbocycles. The van der Waals surface area contributed by atoms with Gasteiger partial charge in [-0.15, -0.1) is 0 Å². The van der Waals surface area contributed by atoms with Gasteiger partial charge in [-0.05, 0) is 19.1 Å². The van der Waals surface area contributed by atoms with Gasteiger partial charge in [0.1, 0.15) is 5.75 Å². The van der Waals surface area contributed by atoms with Crippen molar-refractivity contribution in [3.63, 3.8) is 0 Å². The lowest BCUT2D eigenvalue weighted by Gasteiger charge is -2.11. The predicted molar refractivity (Wildman–Crippen MR) is 87.2 cm³/mol. The second-order valence-corrected chi connectivity index (χ2v) is 4.79. The number of aromatic nitrogens is 1. The zero-order valence-corrected chi connectivity index (χ0v) is 11.8. The third kappa shape index (κ3) is 1.51. The number of nitrogens with zero attached hydrogens (tertiary/aromatic N) is 1. The molecule has 0 N–H and O–H groups in total. The Morgan fingerprint density at radius 1 is 1.15 bits per heavy atom. The molecule has 2 heteroatoms.